The van der Waals surface area contributed by atoms with Crippen LogP contribution in [0.1, 0.15) is 20.8 Å². The van der Waals surface area contributed by atoms with Crippen LogP contribution in [0.4, 0.5) is 0 Å². The van der Waals surface area contributed by atoms with E-state index < -0.39 is 194 Å². The Morgan fingerprint density at radius 1 is 0.432 bits per heavy atom. The Labute approximate surface area is 433 Å². The summed E-state index contributed by atoms with van der Waals surface area (Å²) in [5.74, 6) is 0. The third-order valence-corrected chi connectivity index (χ3v) is 12.3. The van der Waals surface area contributed by atoms with Gasteiger partial charge < -0.3 is 115 Å². The Kier molecular flexibility index (Phi) is 29.8. The van der Waals surface area contributed by atoms with Crippen LogP contribution in [0.25, 0.3) is 0 Å². The molecule has 10 unspecified atom stereocenters. The summed E-state index contributed by atoms with van der Waals surface area (Å²) >= 11 is 8.50. The number of hydrogen-bond donors (Lipinski definition) is 9. The minimum absolute atomic E-state index is 0.925. The summed E-state index contributed by atoms with van der Waals surface area (Å²) in [6.45, 7) is 0.946. The monoisotopic (exact) mass is 1190 g/mol. The molecule has 5 heterocycles. The first-order valence-electron chi connectivity index (χ1n) is 20.6. The van der Waals surface area contributed by atoms with E-state index in [0.29, 0.717) is 0 Å². The third-order valence-electron chi connectivity index (χ3n) is 11.5. The Hall–Kier alpha value is -1.28. The summed E-state index contributed by atoms with van der Waals surface area (Å²) in [5, 5.41) is 110. The number of aliphatic hydroxyl groups is 6. The zero-order valence-electron chi connectivity index (χ0n) is 37.9. The van der Waals surface area contributed by atoms with Gasteiger partial charge in [0.05, 0.1) is 49.7 Å². The van der Waals surface area contributed by atoms with E-state index in [4.69, 9.17) is 77.3 Å². The summed E-state index contributed by atoms with van der Waals surface area (Å²) in [7, 11) is -10.6. The van der Waals surface area contributed by atoms with Crippen LogP contribution >= 0.6 is 0 Å². The second-order valence-corrected chi connectivity index (χ2v) is 18.1. The Balaban J connectivity index is 0.00000301. The summed E-state index contributed by atoms with van der Waals surface area (Å²) < 4.78 is 150. The van der Waals surface area contributed by atoms with Crippen LogP contribution in [-0.2, 0) is 139 Å². The smallest absolute Gasteiger partial charge is 0.217 e. The van der Waals surface area contributed by atoms with Crippen molar-refractivity contribution < 1.29 is 166 Å². The van der Waals surface area contributed by atoms with Crippen molar-refractivity contribution in [2.75, 3.05) is 19.8 Å². The fraction of sp³-hybridized carbons (Fsp3) is 1.00. The van der Waals surface area contributed by atoms with Crippen molar-refractivity contribution in [1.29, 1.82) is 0 Å². The number of hydrogen-bond acceptors (Lipinski definition) is 41. The van der Waals surface area contributed by atoms with Crippen LogP contribution in [-0.4, -0.2) is 242 Å². The van der Waals surface area contributed by atoms with Crippen molar-refractivity contribution in [3.8, 4) is 0 Å². The molecule has 0 spiro atoms. The second kappa shape index (κ2) is 32.1. The van der Waals surface area contributed by atoms with Crippen molar-refractivity contribution in [3.05, 3.63) is 0 Å². The Bertz CT molecular complexity index is 1850. The van der Waals surface area contributed by atoms with Gasteiger partial charge in [0.25, 0.3) is 0 Å². The van der Waals surface area contributed by atoms with Gasteiger partial charge >= 0.3 is 0 Å². The molecule has 25 atom stereocenters. The zero-order valence-corrected chi connectivity index (χ0v) is 41.9. The highest BCUT2D eigenvalue weighted by molar-refractivity contribution is 7.81. The van der Waals surface area contributed by atoms with Crippen molar-refractivity contribution in [2.24, 2.45) is 17.2 Å². The molecule has 0 amide bonds. The van der Waals surface area contributed by atoms with Crippen LogP contribution in [0.5, 0.6) is 0 Å². The molecule has 0 radical (unpaired) electrons. The molecule has 436 valence electrons. The molecule has 38 nitrogen and oxygen atoms in total. The quantitative estimate of drug-likeness (QED) is 0.0223. The predicted molar refractivity (Wildman–Crippen MR) is 214 cm³/mol. The lowest BCUT2D eigenvalue weighted by Crippen LogP contribution is -2.69. The number of rotatable bonds is 21. The molecular formula is C31H52N3O35S5-5. The molecule has 0 saturated carbocycles. The van der Waals surface area contributed by atoms with Gasteiger partial charge in [-0.15, -0.1) is 0 Å². The fourth-order valence-electron chi connectivity index (χ4n) is 7.95. The average Bonchev–Trinajstić information content (AvgIpc) is 3.36. The van der Waals surface area contributed by atoms with Gasteiger partial charge in [-0.05, 0) is 20.8 Å². The maximum atomic E-state index is 11.5. The predicted octanol–water partition coefficient (Wildman–Crippen LogP) is -13.2. The average molecular weight is 1190 g/mol. The highest BCUT2D eigenvalue weighted by Crippen LogP contribution is 2.36. The largest absolute Gasteiger partial charge is 0.726 e. The Morgan fingerprint density at radius 3 is 1.41 bits per heavy atom. The van der Waals surface area contributed by atoms with E-state index in [1.807, 2.05) is 0 Å². The minimum atomic E-state index is -5.28. The highest BCUT2D eigenvalue weighted by Gasteiger charge is 2.56. The van der Waals surface area contributed by atoms with E-state index in [1.54, 1.807) is 0 Å². The van der Waals surface area contributed by atoms with Crippen molar-refractivity contribution in [1.82, 2.24) is 0 Å². The third kappa shape index (κ3) is 18.4. The first-order chi connectivity index (χ1) is 34.8. The molecule has 5 fully saturated rings. The fourth-order valence-corrected chi connectivity index (χ4v) is 8.55. The van der Waals surface area contributed by atoms with Crippen LogP contribution in [0.2, 0.25) is 0 Å². The minimum Gasteiger partial charge on any atom is -0.726 e. The SMILES string of the molecule is CC1O[C@@H](O[C@@H]2C(COO[O-])O[C@@H](O[C@@H]3C(C)O[C@@H](O[C@@H]4C(COS(=O)(=O)[O-])O[C@H](C)C(N)[C@H]4O)C(OO[O-])[C@@H]3O)C(N)[C@H]2OO[O-])C(O)[C@@H](O)[C@@H]1O[C@H]1OC(COS(=O)(=O)[O-])[C@@H](O)[C@H](O)C1N.O=S.O=S.O=S. The van der Waals surface area contributed by atoms with Gasteiger partial charge in [0.1, 0.15) is 92.1 Å². The molecule has 5 rings (SSSR count). The zero-order chi connectivity index (χ0) is 56.6. The molecule has 5 aliphatic rings. The van der Waals surface area contributed by atoms with Crippen LogP contribution < -0.4 is 33.0 Å². The molecule has 0 aromatic heterocycles. The van der Waals surface area contributed by atoms with Gasteiger partial charge in [-0.25, -0.2) is 31.5 Å². The first kappa shape index (κ1) is 68.8. The number of nitrogens with two attached hydrogens (primary N) is 3. The van der Waals surface area contributed by atoms with Gasteiger partial charge in [0, 0.05) is 0 Å². The van der Waals surface area contributed by atoms with E-state index in [9.17, 15) is 72.4 Å². The summed E-state index contributed by atoms with van der Waals surface area (Å²) in [6, 6.07) is -4.52. The molecule has 0 aromatic rings. The molecule has 0 aromatic carbocycles. The van der Waals surface area contributed by atoms with Gasteiger partial charge in [0.15, 0.2) is 68.9 Å². The lowest BCUT2D eigenvalue weighted by atomic mass is 9.93. The summed E-state index contributed by atoms with van der Waals surface area (Å²) in [4.78, 5) is 14.0. The standard InChI is InChI=1S/C31H57N3O32S2.3OS/c1-7-13(32)18(37)24(12(53-7)6-52-68(47,48)49)60-31-27(63-66-43)21(40)23(9(3)55-31)59-29-15(34)26(62-65-42)25(11(57-29)4-50-64-41)61-30-20(39)19(38)22(8(2)54-30)58-28-14(33)17(36)16(35)10(56-28)5-51-67(44,45)46;3*1-2/h7-31,35-43H,4-6,32-34H2,1-3H3,(H,44,45,46)(H,47,48,49);;;/p-5/t7-,8?,9?,10?,11?,12?,13?,14?,15?,16-,17-,18-,19-,20?,21-,22-,23-,24-,25-,26-,27?,28-,29+,30+,31+;;;/m1.../s1. The van der Waals surface area contributed by atoms with E-state index in [-0.39, 0.29) is 0 Å². The molecular weight excluding hydrogens is 1130 g/mol. The lowest BCUT2D eigenvalue weighted by Gasteiger charge is -2.50. The molecule has 74 heavy (non-hydrogen) atoms. The normalized spacial score (nSPS) is 42.8. The van der Waals surface area contributed by atoms with E-state index in [1.165, 1.54) is 20.8 Å². The summed E-state index contributed by atoms with van der Waals surface area (Å²) in [6.07, 6.45) is -38.4. The number of aliphatic hydroxyl groups excluding tert-OH is 6. The molecule has 5 saturated heterocycles. The number of ether oxygens (including phenoxy) is 9. The van der Waals surface area contributed by atoms with Crippen molar-refractivity contribution >= 4 is 58.4 Å². The molecule has 5 aliphatic heterocycles. The molecule has 0 aliphatic carbocycles. The molecule has 0 bridgehead atoms. The molecule has 43 heteroatoms. The van der Waals surface area contributed by atoms with Gasteiger partial charge in [-0.3, -0.25) is 23.5 Å². The van der Waals surface area contributed by atoms with Gasteiger partial charge in [-0.2, -0.15) is 12.6 Å². The maximum absolute atomic E-state index is 11.5. The van der Waals surface area contributed by atoms with Crippen LogP contribution in [0.15, 0.2) is 0 Å². The van der Waals surface area contributed by atoms with Crippen LogP contribution in [0.3, 0.4) is 0 Å². The van der Waals surface area contributed by atoms with Gasteiger partial charge in [0.2, 0.25) is 20.8 Å². The topological polar surface area (TPSA) is 591 Å². The Morgan fingerprint density at radius 2 is 0.878 bits per heavy atom. The van der Waals surface area contributed by atoms with E-state index in [2.05, 4.69) is 70.9 Å². The van der Waals surface area contributed by atoms with E-state index in [0.717, 1.165) is 0 Å². The van der Waals surface area contributed by atoms with Gasteiger partial charge in [-0.1, -0.05) is 0 Å². The van der Waals surface area contributed by atoms with E-state index >= 15 is 0 Å². The van der Waals surface area contributed by atoms with Crippen LogP contribution in [0, 0.1) is 0 Å². The summed E-state index contributed by atoms with van der Waals surface area (Å²) in [5.41, 5.74) is 18.3. The van der Waals surface area contributed by atoms with Crippen molar-refractivity contribution in [2.45, 2.75) is 174 Å². The second-order valence-electron chi connectivity index (χ2n) is 16.0. The molecule has 12 N–H and O–H groups in total. The highest BCUT2D eigenvalue weighted by atomic mass is 32.3. The maximum Gasteiger partial charge on any atom is 0.217 e. The first-order valence-corrected chi connectivity index (χ1v) is 24.3. The van der Waals surface area contributed by atoms with Crippen molar-refractivity contribution in [3.63, 3.8) is 0 Å². The lowest BCUT2D eigenvalue weighted by molar-refractivity contribution is -0.809.